The lowest BCUT2D eigenvalue weighted by molar-refractivity contribution is -0.122. The minimum absolute atomic E-state index is 0.334. The minimum atomic E-state index is 0.334. The Kier molecular flexibility index (Phi) is 8.12. The summed E-state index contributed by atoms with van der Waals surface area (Å²) >= 11 is 0. The van der Waals surface area contributed by atoms with E-state index in [0.717, 1.165) is 25.7 Å². The number of Topliss-reactive ketones (excluding diaryl/α,β-unsaturated/α-hetero) is 2. The molecule has 0 spiro atoms. The summed E-state index contributed by atoms with van der Waals surface area (Å²) in [5.74, 6) is 1.40. The molecule has 4 nitrogen and oxygen atoms in total. The molecule has 21 heavy (non-hydrogen) atoms. The smallest absolute Gasteiger partial charge is 0.132 e. The van der Waals surface area contributed by atoms with Gasteiger partial charge >= 0.3 is 0 Å². The Bertz CT molecular complexity index is 344. The van der Waals surface area contributed by atoms with Crippen molar-refractivity contribution in [2.75, 3.05) is 14.1 Å². The normalized spacial score (nSPS) is 32.2. The summed E-state index contributed by atoms with van der Waals surface area (Å²) < 4.78 is 0. The maximum absolute atomic E-state index is 11.0. The van der Waals surface area contributed by atoms with Crippen LogP contribution in [-0.2, 0) is 9.59 Å². The lowest BCUT2D eigenvalue weighted by Gasteiger charge is -2.26. The number of nitrogens with one attached hydrogen (secondary N) is 2. The van der Waals surface area contributed by atoms with Crippen LogP contribution in [0.2, 0.25) is 0 Å². The van der Waals surface area contributed by atoms with Gasteiger partial charge in [-0.3, -0.25) is 9.59 Å². The third kappa shape index (κ3) is 6.27. The fourth-order valence-corrected chi connectivity index (χ4v) is 3.43. The standard InChI is InChI=1S/C9H17NO.C8H15NO/c1-7(11)8-4-3-5-9(6-8)10-2;1-6(10)7-3-4-8(5-7)9-2/h8-10H,3-6H2,1-2H3;7-9H,3-5H2,1-2H3. The molecule has 4 atom stereocenters. The first-order valence-corrected chi connectivity index (χ1v) is 8.33. The van der Waals surface area contributed by atoms with Crippen LogP contribution in [-0.4, -0.2) is 37.7 Å². The average Bonchev–Trinajstić information content (AvgIpc) is 2.97. The lowest BCUT2D eigenvalue weighted by atomic mass is 9.84. The van der Waals surface area contributed by atoms with Crippen molar-refractivity contribution in [3.63, 3.8) is 0 Å². The van der Waals surface area contributed by atoms with Crippen molar-refractivity contribution in [3.05, 3.63) is 0 Å². The predicted octanol–water partition coefficient (Wildman–Crippen LogP) is 2.32. The van der Waals surface area contributed by atoms with Gasteiger partial charge in [0.25, 0.3) is 0 Å². The molecule has 122 valence electrons. The summed E-state index contributed by atoms with van der Waals surface area (Å²) in [5.41, 5.74) is 0. The predicted molar refractivity (Wildman–Crippen MR) is 86.4 cm³/mol. The van der Waals surface area contributed by atoms with Gasteiger partial charge in [0.05, 0.1) is 0 Å². The number of hydrogen-bond acceptors (Lipinski definition) is 4. The number of carbonyl (C=O) groups excluding carboxylic acids is 2. The molecule has 0 heterocycles. The molecule has 0 amide bonds. The van der Waals surface area contributed by atoms with E-state index >= 15 is 0 Å². The Hall–Kier alpha value is -0.740. The summed E-state index contributed by atoms with van der Waals surface area (Å²) in [6, 6.07) is 1.17. The molecule has 2 N–H and O–H groups in total. The first-order chi connectivity index (χ1) is 9.97. The first-order valence-electron chi connectivity index (χ1n) is 8.33. The number of rotatable bonds is 4. The fraction of sp³-hybridized carbons (Fsp3) is 0.882. The molecule has 0 radical (unpaired) electrons. The molecule has 2 saturated carbocycles. The van der Waals surface area contributed by atoms with Gasteiger partial charge in [0.15, 0.2) is 0 Å². The number of ketones is 2. The van der Waals surface area contributed by atoms with Crippen molar-refractivity contribution in [2.45, 2.75) is 70.9 Å². The second-order valence-electron chi connectivity index (χ2n) is 6.57. The van der Waals surface area contributed by atoms with Crippen molar-refractivity contribution in [3.8, 4) is 0 Å². The molecule has 2 aliphatic carbocycles. The highest BCUT2D eigenvalue weighted by atomic mass is 16.1. The molecular weight excluding hydrogens is 264 g/mol. The van der Waals surface area contributed by atoms with Crippen LogP contribution in [0.15, 0.2) is 0 Å². The van der Waals surface area contributed by atoms with Gasteiger partial charge < -0.3 is 10.6 Å². The molecule has 2 rings (SSSR count). The van der Waals surface area contributed by atoms with E-state index in [1.807, 2.05) is 14.1 Å². The molecular formula is C17H32N2O2. The van der Waals surface area contributed by atoms with Gasteiger partial charge in [0.2, 0.25) is 0 Å². The zero-order chi connectivity index (χ0) is 15.8. The second-order valence-corrected chi connectivity index (χ2v) is 6.57. The van der Waals surface area contributed by atoms with E-state index < -0.39 is 0 Å². The zero-order valence-corrected chi connectivity index (χ0v) is 14.1. The summed E-state index contributed by atoms with van der Waals surface area (Å²) in [4.78, 5) is 21.9. The Balaban J connectivity index is 0.000000211. The minimum Gasteiger partial charge on any atom is -0.317 e. The Morgan fingerprint density at radius 3 is 1.62 bits per heavy atom. The van der Waals surface area contributed by atoms with E-state index in [4.69, 9.17) is 0 Å². The molecule has 2 fully saturated rings. The Labute approximate surface area is 129 Å². The van der Waals surface area contributed by atoms with Crippen LogP contribution in [0.4, 0.5) is 0 Å². The summed E-state index contributed by atoms with van der Waals surface area (Å²) in [7, 11) is 3.94. The molecule has 0 bridgehead atoms. The SMILES string of the molecule is CNC1CCC(C(C)=O)C1.CNC1CCCC(C(C)=O)C1. The van der Waals surface area contributed by atoms with Crippen LogP contribution < -0.4 is 10.6 Å². The van der Waals surface area contributed by atoms with E-state index in [0.29, 0.717) is 35.5 Å². The van der Waals surface area contributed by atoms with Crippen LogP contribution in [0.5, 0.6) is 0 Å². The summed E-state index contributed by atoms with van der Waals surface area (Å²) in [5, 5.41) is 6.43. The van der Waals surface area contributed by atoms with Gasteiger partial charge in [0, 0.05) is 23.9 Å². The molecule has 0 aliphatic heterocycles. The van der Waals surface area contributed by atoms with Gasteiger partial charge in [-0.2, -0.15) is 0 Å². The summed E-state index contributed by atoms with van der Waals surface area (Å²) in [6.45, 7) is 3.41. The topological polar surface area (TPSA) is 58.2 Å². The Morgan fingerprint density at radius 2 is 1.24 bits per heavy atom. The van der Waals surface area contributed by atoms with E-state index in [2.05, 4.69) is 10.6 Å². The van der Waals surface area contributed by atoms with Crippen LogP contribution in [0, 0.1) is 11.8 Å². The van der Waals surface area contributed by atoms with Crippen LogP contribution in [0.3, 0.4) is 0 Å². The molecule has 0 saturated heterocycles. The van der Waals surface area contributed by atoms with E-state index in [1.165, 1.54) is 19.3 Å². The second kappa shape index (κ2) is 9.31. The molecule has 4 unspecified atom stereocenters. The maximum Gasteiger partial charge on any atom is 0.132 e. The van der Waals surface area contributed by atoms with Crippen molar-refractivity contribution in [1.82, 2.24) is 10.6 Å². The quantitative estimate of drug-likeness (QED) is 0.836. The van der Waals surface area contributed by atoms with Crippen molar-refractivity contribution >= 4 is 11.6 Å². The van der Waals surface area contributed by atoms with Gasteiger partial charge in [0.1, 0.15) is 11.6 Å². The van der Waals surface area contributed by atoms with Crippen LogP contribution in [0.1, 0.15) is 58.8 Å². The largest absolute Gasteiger partial charge is 0.317 e. The third-order valence-corrected chi connectivity index (χ3v) is 5.07. The van der Waals surface area contributed by atoms with Gasteiger partial charge in [-0.15, -0.1) is 0 Å². The molecule has 0 aromatic rings. The van der Waals surface area contributed by atoms with Crippen molar-refractivity contribution in [1.29, 1.82) is 0 Å². The lowest BCUT2D eigenvalue weighted by Crippen LogP contribution is -2.33. The van der Waals surface area contributed by atoms with Crippen molar-refractivity contribution < 1.29 is 9.59 Å². The number of carbonyl (C=O) groups is 2. The molecule has 0 aromatic heterocycles. The average molecular weight is 296 g/mol. The summed E-state index contributed by atoms with van der Waals surface area (Å²) in [6.07, 6.45) is 7.89. The van der Waals surface area contributed by atoms with E-state index in [-0.39, 0.29) is 0 Å². The van der Waals surface area contributed by atoms with Crippen LogP contribution in [0.25, 0.3) is 0 Å². The van der Waals surface area contributed by atoms with Gasteiger partial charge in [-0.05, 0) is 66.5 Å². The first kappa shape index (κ1) is 18.3. The highest BCUT2D eigenvalue weighted by Crippen LogP contribution is 2.25. The Morgan fingerprint density at radius 1 is 0.762 bits per heavy atom. The van der Waals surface area contributed by atoms with E-state index in [1.54, 1.807) is 13.8 Å². The highest BCUT2D eigenvalue weighted by molar-refractivity contribution is 5.78. The third-order valence-electron chi connectivity index (χ3n) is 5.07. The molecule has 4 heteroatoms. The number of hydrogen-bond donors (Lipinski definition) is 2. The molecule has 0 aromatic carbocycles. The van der Waals surface area contributed by atoms with Crippen LogP contribution >= 0.6 is 0 Å². The van der Waals surface area contributed by atoms with Gasteiger partial charge in [-0.1, -0.05) is 6.42 Å². The van der Waals surface area contributed by atoms with Crippen molar-refractivity contribution in [2.24, 2.45) is 11.8 Å². The van der Waals surface area contributed by atoms with Gasteiger partial charge in [-0.25, -0.2) is 0 Å². The molecule has 2 aliphatic rings. The monoisotopic (exact) mass is 296 g/mol. The fourth-order valence-electron chi connectivity index (χ4n) is 3.43. The van der Waals surface area contributed by atoms with E-state index in [9.17, 15) is 9.59 Å². The maximum atomic E-state index is 11.0. The zero-order valence-electron chi connectivity index (χ0n) is 14.1. The highest BCUT2D eigenvalue weighted by Gasteiger charge is 2.26.